The third-order valence-electron chi connectivity index (χ3n) is 3.36. The van der Waals surface area contributed by atoms with E-state index >= 15 is 0 Å². The quantitative estimate of drug-likeness (QED) is 0.464. The zero-order chi connectivity index (χ0) is 17.2. The van der Waals surface area contributed by atoms with E-state index in [0.717, 1.165) is 23.1 Å². The van der Waals surface area contributed by atoms with Gasteiger partial charge in [-0.25, -0.2) is 4.79 Å². The Labute approximate surface area is 142 Å². The Morgan fingerprint density at radius 2 is 1.65 bits per heavy atom. The van der Waals surface area contributed by atoms with E-state index in [1.54, 1.807) is 6.92 Å². The topological polar surface area (TPSA) is 26.3 Å². The second kappa shape index (κ2) is 9.80. The fourth-order valence-corrected chi connectivity index (χ4v) is 2.25. The molecule has 2 aromatic carbocycles. The summed E-state index contributed by atoms with van der Waals surface area (Å²) in [6.45, 7) is 9.46. The van der Waals surface area contributed by atoms with Gasteiger partial charge in [0.1, 0.15) is 6.10 Å². The lowest BCUT2D eigenvalue weighted by molar-refractivity contribution is -0.144. The molecule has 0 saturated carbocycles. The van der Waals surface area contributed by atoms with Crippen molar-refractivity contribution >= 4 is 16.2 Å². The van der Waals surface area contributed by atoms with Gasteiger partial charge in [-0.15, -0.1) is 0 Å². The van der Waals surface area contributed by atoms with Crippen molar-refractivity contribution in [1.29, 1.82) is 0 Å². The highest BCUT2D eigenvalue weighted by Crippen LogP contribution is 2.32. The van der Waals surface area contributed by atoms with Crippen molar-refractivity contribution in [3.63, 3.8) is 0 Å². The number of carbonyl (C=O) groups excluding carboxylic acids is 1. The number of hydrogen-bond donors (Lipinski definition) is 0. The summed E-state index contributed by atoms with van der Waals surface area (Å²) in [6, 6.07) is 18.2. The van der Waals surface area contributed by atoms with Crippen molar-refractivity contribution in [1.82, 2.24) is 0 Å². The summed E-state index contributed by atoms with van der Waals surface area (Å²) in [4.78, 5) is 11.8. The Morgan fingerprint density at radius 3 is 2.22 bits per heavy atom. The molecule has 122 valence electrons. The number of ether oxygens (including phenoxy) is 1. The molecule has 1 atom stereocenters. The van der Waals surface area contributed by atoms with Gasteiger partial charge in [-0.2, -0.15) is 0 Å². The van der Waals surface area contributed by atoms with Crippen LogP contribution in [0, 0.1) is 0 Å². The second-order valence-corrected chi connectivity index (χ2v) is 5.04. The lowest BCUT2D eigenvalue weighted by atomic mass is 9.95. The summed E-state index contributed by atoms with van der Waals surface area (Å²) in [5.41, 5.74) is 3.67. The summed E-state index contributed by atoms with van der Waals surface area (Å²) in [7, 11) is 1.31. The van der Waals surface area contributed by atoms with E-state index in [9.17, 15) is 4.79 Å². The van der Waals surface area contributed by atoms with Crippen molar-refractivity contribution < 1.29 is 9.53 Å². The fourth-order valence-electron chi connectivity index (χ4n) is 2.25. The van der Waals surface area contributed by atoms with Gasteiger partial charge in [0.05, 0.1) is 0 Å². The Balaban J connectivity index is 0.00000127. The molecule has 0 aliphatic carbocycles. The average Bonchev–Trinajstić information content (AvgIpc) is 2.62. The largest absolute Gasteiger partial charge is 0.454 e. The molecule has 0 aliphatic heterocycles. The summed E-state index contributed by atoms with van der Waals surface area (Å²) < 4.78 is 5.57. The summed E-state index contributed by atoms with van der Waals surface area (Å²) in [6.07, 6.45) is 0.466. The molecule has 0 radical (unpaired) electrons. The van der Waals surface area contributed by atoms with Crippen molar-refractivity contribution in [3.8, 4) is 11.1 Å². The van der Waals surface area contributed by atoms with Gasteiger partial charge >= 0.3 is 5.97 Å². The molecule has 0 heterocycles. The van der Waals surface area contributed by atoms with Gasteiger partial charge in [0.15, 0.2) is 0 Å². The molecule has 0 saturated heterocycles. The van der Waals surface area contributed by atoms with Crippen molar-refractivity contribution in [3.05, 3.63) is 72.3 Å². The predicted octanol–water partition coefficient (Wildman–Crippen LogP) is 4.32. The van der Waals surface area contributed by atoms with E-state index in [4.69, 9.17) is 4.74 Å². The molecule has 0 N–H and O–H groups in total. The van der Waals surface area contributed by atoms with Crippen molar-refractivity contribution in [2.75, 3.05) is 0 Å². The standard InChI is InChI=1S/C19H20O2.CH6Si/c1-4-18(21-19(20)14(2)3)17-13-9-8-12-16(17)15-10-6-5-7-11-15;1-2/h5-13,18H,2,4H2,1,3H3;1-2H3. The van der Waals surface area contributed by atoms with Crippen LogP contribution in [-0.2, 0) is 9.53 Å². The highest BCUT2D eigenvalue weighted by atomic mass is 28.1. The van der Waals surface area contributed by atoms with E-state index < -0.39 is 0 Å². The van der Waals surface area contributed by atoms with Gasteiger partial charge in [0.2, 0.25) is 0 Å². The number of rotatable bonds is 5. The Hall–Kier alpha value is -2.13. The Morgan fingerprint density at radius 1 is 1.09 bits per heavy atom. The first-order valence-corrected chi connectivity index (χ1v) is 10.1. The first-order chi connectivity index (χ1) is 11.1. The zero-order valence-electron chi connectivity index (χ0n) is 14.5. The number of hydrogen-bond acceptors (Lipinski definition) is 2. The van der Waals surface area contributed by atoms with Gasteiger partial charge in [-0.1, -0.05) is 74.6 Å². The van der Waals surface area contributed by atoms with E-state index in [1.165, 1.54) is 10.2 Å². The highest BCUT2D eigenvalue weighted by molar-refractivity contribution is 6.05. The van der Waals surface area contributed by atoms with E-state index in [0.29, 0.717) is 5.57 Å². The van der Waals surface area contributed by atoms with Crippen LogP contribution >= 0.6 is 0 Å². The molecule has 1 unspecified atom stereocenters. The van der Waals surface area contributed by atoms with Crippen LogP contribution in [-0.4, -0.2) is 16.2 Å². The third-order valence-corrected chi connectivity index (χ3v) is 3.36. The molecule has 0 spiro atoms. The van der Waals surface area contributed by atoms with Crippen LogP contribution in [0.4, 0.5) is 0 Å². The van der Waals surface area contributed by atoms with Crippen LogP contribution in [0.25, 0.3) is 11.1 Å². The lowest BCUT2D eigenvalue weighted by Crippen LogP contribution is -2.12. The Bertz CT molecular complexity index is 635. The van der Waals surface area contributed by atoms with Gasteiger partial charge < -0.3 is 4.74 Å². The van der Waals surface area contributed by atoms with E-state index in [2.05, 4.69) is 31.3 Å². The fraction of sp³-hybridized carbons (Fsp3) is 0.250. The summed E-state index contributed by atoms with van der Waals surface area (Å²) in [5.74, 6) is -0.343. The molecule has 0 aromatic heterocycles. The van der Waals surface area contributed by atoms with Crippen molar-refractivity contribution in [2.45, 2.75) is 32.9 Å². The molecule has 23 heavy (non-hydrogen) atoms. The van der Waals surface area contributed by atoms with Crippen LogP contribution in [0.3, 0.4) is 0 Å². The first-order valence-electron chi connectivity index (χ1n) is 8.14. The predicted molar refractivity (Wildman–Crippen MR) is 102 cm³/mol. The molecule has 2 aromatic rings. The van der Waals surface area contributed by atoms with E-state index in [-0.39, 0.29) is 12.1 Å². The summed E-state index contributed by atoms with van der Waals surface area (Å²) in [5, 5.41) is 0. The van der Waals surface area contributed by atoms with Gasteiger partial charge in [0, 0.05) is 11.1 Å². The van der Waals surface area contributed by atoms with Gasteiger partial charge in [-0.3, -0.25) is 0 Å². The monoisotopic (exact) mass is 326 g/mol. The number of esters is 1. The summed E-state index contributed by atoms with van der Waals surface area (Å²) >= 11 is 0. The lowest BCUT2D eigenvalue weighted by Gasteiger charge is -2.20. The highest BCUT2D eigenvalue weighted by Gasteiger charge is 2.18. The minimum absolute atomic E-state index is 0.259. The normalized spacial score (nSPS) is 11.1. The van der Waals surface area contributed by atoms with Crippen LogP contribution in [0.15, 0.2) is 66.7 Å². The minimum Gasteiger partial charge on any atom is -0.454 e. The van der Waals surface area contributed by atoms with Crippen LogP contribution in [0.5, 0.6) is 0 Å². The SMILES string of the molecule is C=C(C)C(=O)OC(CC)c1ccccc1-c1ccccc1.C[SiH3]. The average molecular weight is 327 g/mol. The Kier molecular flexibility index (Phi) is 8.06. The second-order valence-electron chi connectivity index (χ2n) is 5.04. The third kappa shape index (κ3) is 5.22. The maximum atomic E-state index is 11.8. The molecule has 0 aliphatic rings. The zero-order valence-corrected chi connectivity index (χ0v) is 16.5. The molecular weight excluding hydrogens is 300 g/mol. The van der Waals surface area contributed by atoms with Crippen LogP contribution in [0.2, 0.25) is 6.55 Å². The van der Waals surface area contributed by atoms with Crippen LogP contribution < -0.4 is 0 Å². The smallest absolute Gasteiger partial charge is 0.333 e. The minimum atomic E-state index is -0.343. The number of benzene rings is 2. The molecule has 2 nitrogen and oxygen atoms in total. The molecule has 0 amide bonds. The first kappa shape index (κ1) is 18.9. The van der Waals surface area contributed by atoms with E-state index in [1.807, 2.05) is 43.3 Å². The molecule has 3 heteroatoms. The number of carbonyl (C=O) groups is 1. The molecule has 0 fully saturated rings. The van der Waals surface area contributed by atoms with Gasteiger partial charge in [0.25, 0.3) is 0 Å². The van der Waals surface area contributed by atoms with Crippen molar-refractivity contribution in [2.24, 2.45) is 0 Å². The maximum absolute atomic E-state index is 11.8. The molecule has 2 rings (SSSR count). The molecular formula is C20H26O2Si. The van der Waals surface area contributed by atoms with Gasteiger partial charge in [-0.05, 0) is 34.7 Å². The van der Waals surface area contributed by atoms with Crippen LogP contribution in [0.1, 0.15) is 31.9 Å². The molecule has 0 bridgehead atoms. The maximum Gasteiger partial charge on any atom is 0.333 e.